The SMILES string of the molecule is CCCCCCCCCC/C=C\CCCCCCCCCCCCCC(=O)OC(COCCCCCCCCCCCCCCCCCCCC)COC1OC(COC2OC(CO)C(O)C(O)C2O)C(O)C(O)C1O. The number of ether oxygens (including phenoxy) is 6. The summed E-state index contributed by atoms with van der Waals surface area (Å²) in [4.78, 5) is 13.1. The molecule has 444 valence electrons. The van der Waals surface area contributed by atoms with Gasteiger partial charge < -0.3 is 64.2 Å². The van der Waals surface area contributed by atoms with Gasteiger partial charge in [-0.25, -0.2) is 0 Å². The van der Waals surface area contributed by atoms with Gasteiger partial charge in [0.2, 0.25) is 0 Å². The molecule has 0 bridgehead atoms. The van der Waals surface area contributed by atoms with E-state index in [1.54, 1.807) is 0 Å². The maximum absolute atomic E-state index is 13.1. The Bertz CT molecular complexity index is 1290. The van der Waals surface area contributed by atoms with Gasteiger partial charge in [0.05, 0.1) is 26.4 Å². The van der Waals surface area contributed by atoms with Gasteiger partial charge in [0.15, 0.2) is 12.6 Å². The Morgan fingerprint density at radius 2 is 0.787 bits per heavy atom. The van der Waals surface area contributed by atoms with Crippen LogP contribution in [0.2, 0.25) is 0 Å². The molecule has 14 heteroatoms. The topological polar surface area (TPSA) is 214 Å². The number of carbonyl (C=O) groups is 1. The molecule has 0 aliphatic carbocycles. The Hall–Kier alpha value is -1.27. The Morgan fingerprint density at radius 1 is 0.427 bits per heavy atom. The smallest absolute Gasteiger partial charge is 0.306 e. The van der Waals surface area contributed by atoms with Gasteiger partial charge in [0.25, 0.3) is 0 Å². The third-order valence-electron chi connectivity index (χ3n) is 15.3. The molecular weight excluding hydrogens is 957 g/mol. The summed E-state index contributed by atoms with van der Waals surface area (Å²) < 4.78 is 34.5. The Morgan fingerprint density at radius 3 is 1.21 bits per heavy atom. The number of aliphatic hydroxyl groups excluding tert-OH is 7. The lowest BCUT2D eigenvalue weighted by Gasteiger charge is -2.42. The van der Waals surface area contributed by atoms with Crippen molar-refractivity contribution < 1.29 is 69.0 Å². The van der Waals surface area contributed by atoms with E-state index >= 15 is 0 Å². The van der Waals surface area contributed by atoms with Crippen molar-refractivity contribution in [3.63, 3.8) is 0 Å². The third kappa shape index (κ3) is 35.2. The molecule has 0 aromatic heterocycles. The van der Waals surface area contributed by atoms with Crippen LogP contribution in [-0.2, 0) is 33.2 Å². The molecule has 11 unspecified atom stereocenters. The molecule has 0 spiro atoms. The quantitative estimate of drug-likeness (QED) is 0.0172. The standard InChI is InChI=1S/C61H116O14/c1-3-5-7-9-11-13-15-17-19-21-23-24-25-26-27-28-30-32-34-36-38-40-42-44-53(63)73-50(47-70-45-43-41-39-37-35-33-31-29-22-20-18-16-14-12-10-8-6-4-2)48-71-60-59(69)57(67)55(65)52(75-60)49-72-61-58(68)56(66)54(64)51(46-62)74-61/h21,23,50-52,54-62,64-69H,3-20,22,24-49H2,1-2H3/b23-21-. The number of aliphatic hydroxyl groups is 7. The number of hydrogen-bond donors (Lipinski definition) is 7. The second-order valence-electron chi connectivity index (χ2n) is 22.2. The van der Waals surface area contributed by atoms with E-state index in [1.165, 1.54) is 205 Å². The zero-order valence-corrected chi connectivity index (χ0v) is 47.8. The normalized spacial score (nSPS) is 24.6. The predicted molar refractivity (Wildman–Crippen MR) is 298 cm³/mol. The lowest BCUT2D eigenvalue weighted by atomic mass is 9.98. The van der Waals surface area contributed by atoms with Crippen LogP contribution in [0.15, 0.2) is 12.2 Å². The molecule has 7 N–H and O–H groups in total. The van der Waals surface area contributed by atoms with Gasteiger partial charge in [-0.15, -0.1) is 0 Å². The fourth-order valence-corrected chi connectivity index (χ4v) is 10.2. The number of carbonyl (C=O) groups excluding carboxylic acids is 1. The predicted octanol–water partition coefficient (Wildman–Crippen LogP) is 11.8. The van der Waals surface area contributed by atoms with Gasteiger partial charge in [-0.2, -0.15) is 0 Å². The lowest BCUT2D eigenvalue weighted by molar-refractivity contribution is -0.332. The monoisotopic (exact) mass is 1070 g/mol. The van der Waals surface area contributed by atoms with Crippen LogP contribution in [0, 0.1) is 0 Å². The van der Waals surface area contributed by atoms with Crippen molar-refractivity contribution in [2.45, 2.75) is 338 Å². The Labute approximate surface area is 456 Å². The first-order valence-electron chi connectivity index (χ1n) is 31.3. The van der Waals surface area contributed by atoms with Gasteiger partial charge >= 0.3 is 5.97 Å². The van der Waals surface area contributed by atoms with Crippen LogP contribution >= 0.6 is 0 Å². The van der Waals surface area contributed by atoms with E-state index in [1.807, 2.05) is 0 Å². The van der Waals surface area contributed by atoms with Crippen molar-refractivity contribution >= 4 is 5.97 Å². The summed E-state index contributed by atoms with van der Waals surface area (Å²) in [6.45, 7) is 3.76. The first-order valence-corrected chi connectivity index (χ1v) is 31.3. The van der Waals surface area contributed by atoms with Gasteiger partial charge in [0, 0.05) is 13.0 Å². The van der Waals surface area contributed by atoms with Crippen molar-refractivity contribution in [3.8, 4) is 0 Å². The molecular formula is C61H116O14. The van der Waals surface area contributed by atoms with Gasteiger partial charge in [-0.3, -0.25) is 4.79 Å². The van der Waals surface area contributed by atoms with Crippen LogP contribution in [0.3, 0.4) is 0 Å². The first kappa shape index (κ1) is 69.8. The highest BCUT2D eigenvalue weighted by Crippen LogP contribution is 2.27. The molecule has 75 heavy (non-hydrogen) atoms. The van der Waals surface area contributed by atoms with Crippen LogP contribution in [0.25, 0.3) is 0 Å². The second kappa shape index (κ2) is 48.6. The maximum atomic E-state index is 13.1. The van der Waals surface area contributed by atoms with Crippen molar-refractivity contribution in [1.82, 2.24) is 0 Å². The molecule has 2 fully saturated rings. The van der Waals surface area contributed by atoms with Crippen LogP contribution in [0.5, 0.6) is 0 Å². The molecule has 2 heterocycles. The minimum atomic E-state index is -1.70. The summed E-state index contributed by atoms with van der Waals surface area (Å²) in [5.41, 5.74) is 0. The highest BCUT2D eigenvalue weighted by Gasteiger charge is 2.47. The van der Waals surface area contributed by atoms with Crippen molar-refractivity contribution in [2.75, 3.05) is 33.0 Å². The van der Waals surface area contributed by atoms with Crippen molar-refractivity contribution in [2.24, 2.45) is 0 Å². The van der Waals surface area contributed by atoms with Gasteiger partial charge in [0.1, 0.15) is 54.9 Å². The van der Waals surface area contributed by atoms with Crippen LogP contribution in [0.1, 0.15) is 271 Å². The summed E-state index contributed by atoms with van der Waals surface area (Å²) in [6.07, 6.45) is 38.4. The fraction of sp³-hybridized carbons (Fsp3) is 0.951. The number of rotatable bonds is 52. The molecule has 2 aliphatic rings. The number of hydrogen-bond acceptors (Lipinski definition) is 14. The third-order valence-corrected chi connectivity index (χ3v) is 15.3. The minimum absolute atomic E-state index is 0.0682. The van der Waals surface area contributed by atoms with Gasteiger partial charge in [-0.05, 0) is 38.5 Å². The summed E-state index contributed by atoms with van der Waals surface area (Å²) >= 11 is 0. The van der Waals surface area contributed by atoms with Crippen molar-refractivity contribution in [1.29, 1.82) is 0 Å². The highest BCUT2D eigenvalue weighted by atomic mass is 16.7. The van der Waals surface area contributed by atoms with Crippen LogP contribution in [-0.4, -0.2) is 142 Å². The Kier molecular flexibility index (Phi) is 45.3. The Balaban J connectivity index is 1.68. The van der Waals surface area contributed by atoms with Crippen LogP contribution in [0.4, 0.5) is 0 Å². The number of allylic oxidation sites excluding steroid dienone is 2. The first-order chi connectivity index (χ1) is 36.6. The van der Waals surface area contributed by atoms with E-state index < -0.39 is 80.7 Å². The van der Waals surface area contributed by atoms with E-state index in [0.29, 0.717) is 13.0 Å². The average molecular weight is 1070 g/mol. The minimum Gasteiger partial charge on any atom is -0.457 e. The lowest BCUT2D eigenvalue weighted by Crippen LogP contribution is -2.61. The van der Waals surface area contributed by atoms with Crippen LogP contribution < -0.4 is 0 Å². The molecule has 11 atom stereocenters. The fourth-order valence-electron chi connectivity index (χ4n) is 10.2. The van der Waals surface area contributed by atoms with E-state index in [0.717, 1.165) is 38.5 Å². The van der Waals surface area contributed by atoms with E-state index in [-0.39, 0.29) is 25.6 Å². The molecule has 14 nitrogen and oxygen atoms in total. The number of unbranched alkanes of at least 4 members (excludes halogenated alkanes) is 36. The molecule has 0 radical (unpaired) electrons. The molecule has 0 aromatic carbocycles. The van der Waals surface area contributed by atoms with Gasteiger partial charge in [-0.1, -0.05) is 238 Å². The molecule has 0 amide bonds. The number of esters is 1. The molecule has 0 aromatic rings. The molecule has 2 rings (SSSR count). The average Bonchev–Trinajstić information content (AvgIpc) is 3.41. The van der Waals surface area contributed by atoms with E-state index in [9.17, 15) is 40.5 Å². The van der Waals surface area contributed by atoms with E-state index in [4.69, 9.17) is 28.4 Å². The zero-order valence-electron chi connectivity index (χ0n) is 47.8. The largest absolute Gasteiger partial charge is 0.457 e. The summed E-state index contributed by atoms with van der Waals surface area (Å²) in [5, 5.41) is 72.4. The maximum Gasteiger partial charge on any atom is 0.306 e. The molecule has 0 saturated carbocycles. The molecule has 2 saturated heterocycles. The summed E-state index contributed by atoms with van der Waals surface area (Å²) in [5.74, 6) is -0.370. The second-order valence-corrected chi connectivity index (χ2v) is 22.2. The summed E-state index contributed by atoms with van der Waals surface area (Å²) in [7, 11) is 0. The highest BCUT2D eigenvalue weighted by molar-refractivity contribution is 5.69. The van der Waals surface area contributed by atoms with Crippen molar-refractivity contribution in [3.05, 3.63) is 12.2 Å². The molecule has 2 aliphatic heterocycles. The zero-order chi connectivity index (χ0) is 54.4. The van der Waals surface area contributed by atoms with E-state index in [2.05, 4.69) is 26.0 Å². The summed E-state index contributed by atoms with van der Waals surface area (Å²) in [6, 6.07) is 0.